The van der Waals surface area contributed by atoms with Crippen molar-refractivity contribution in [3.63, 3.8) is 0 Å². The molecule has 1 aliphatic carbocycles. The van der Waals surface area contributed by atoms with Crippen LogP contribution in [-0.4, -0.2) is 11.8 Å². The Morgan fingerprint density at radius 2 is 1.41 bits per heavy atom. The highest BCUT2D eigenvalue weighted by molar-refractivity contribution is 5.95. The maximum absolute atomic E-state index is 12.8. The second-order valence-corrected chi connectivity index (χ2v) is 7.96. The van der Waals surface area contributed by atoms with Gasteiger partial charge in [0, 0.05) is 17.5 Å². The summed E-state index contributed by atoms with van der Waals surface area (Å²) < 4.78 is 0. The van der Waals surface area contributed by atoms with Crippen molar-refractivity contribution in [3.8, 4) is 6.07 Å². The first-order valence-corrected chi connectivity index (χ1v) is 10.1. The quantitative estimate of drug-likeness (QED) is 0.783. The van der Waals surface area contributed by atoms with Crippen molar-refractivity contribution >= 4 is 23.2 Å². The van der Waals surface area contributed by atoms with E-state index in [2.05, 4.69) is 28.8 Å². The molecule has 1 aliphatic rings. The maximum Gasteiger partial charge on any atom is 0.227 e. The molecular formula is C24H27N3O2. The van der Waals surface area contributed by atoms with Gasteiger partial charge in [-0.2, -0.15) is 5.26 Å². The number of carbonyl (C=O) groups is 2. The van der Waals surface area contributed by atoms with E-state index in [4.69, 9.17) is 5.26 Å². The number of nitrogens with zero attached hydrogens (tertiary/aromatic N) is 1. The number of hydrogen-bond donors (Lipinski definition) is 2. The Kier molecular flexibility index (Phi) is 6.33. The molecule has 2 N–H and O–H groups in total. The van der Waals surface area contributed by atoms with Gasteiger partial charge in [-0.3, -0.25) is 9.59 Å². The molecule has 0 radical (unpaired) electrons. The molecule has 0 saturated heterocycles. The van der Waals surface area contributed by atoms with Crippen LogP contribution in [0.2, 0.25) is 0 Å². The first-order valence-electron chi connectivity index (χ1n) is 10.1. The van der Waals surface area contributed by atoms with Crippen molar-refractivity contribution in [3.05, 3.63) is 58.7 Å². The maximum atomic E-state index is 12.8. The smallest absolute Gasteiger partial charge is 0.227 e. The molecule has 0 bridgehead atoms. The highest BCUT2D eigenvalue weighted by Crippen LogP contribution is 2.32. The molecule has 5 nitrogen and oxygen atoms in total. The number of nitriles is 1. The van der Waals surface area contributed by atoms with Crippen LogP contribution in [0, 0.1) is 43.9 Å². The molecule has 150 valence electrons. The van der Waals surface area contributed by atoms with Crippen LogP contribution < -0.4 is 10.6 Å². The number of para-hydroxylation sites is 1. The van der Waals surface area contributed by atoms with Crippen LogP contribution in [0.15, 0.2) is 36.4 Å². The number of hydrogen-bond acceptors (Lipinski definition) is 3. The van der Waals surface area contributed by atoms with Crippen molar-refractivity contribution in [2.24, 2.45) is 11.8 Å². The lowest BCUT2D eigenvalue weighted by Crippen LogP contribution is -2.32. The Labute approximate surface area is 172 Å². The zero-order valence-corrected chi connectivity index (χ0v) is 17.2. The molecular weight excluding hydrogens is 362 g/mol. The fourth-order valence-electron chi connectivity index (χ4n) is 4.14. The molecule has 0 aromatic heterocycles. The summed E-state index contributed by atoms with van der Waals surface area (Å²) in [4.78, 5) is 25.4. The van der Waals surface area contributed by atoms with Crippen LogP contribution in [-0.2, 0) is 9.59 Å². The molecule has 0 aliphatic heterocycles. The average Bonchev–Trinajstić information content (AvgIpc) is 2.71. The van der Waals surface area contributed by atoms with Gasteiger partial charge in [0.25, 0.3) is 0 Å². The van der Waals surface area contributed by atoms with E-state index in [1.807, 2.05) is 20.8 Å². The molecule has 0 spiro atoms. The minimum Gasteiger partial charge on any atom is -0.325 e. The molecule has 3 rings (SSSR count). The van der Waals surface area contributed by atoms with Crippen molar-refractivity contribution in [2.45, 2.75) is 46.5 Å². The summed E-state index contributed by atoms with van der Waals surface area (Å²) in [5.41, 5.74) is 5.22. The minimum absolute atomic E-state index is 0.0359. The molecule has 5 heteroatoms. The highest BCUT2D eigenvalue weighted by atomic mass is 16.2. The van der Waals surface area contributed by atoms with Crippen LogP contribution in [0.4, 0.5) is 11.4 Å². The van der Waals surface area contributed by atoms with Crippen molar-refractivity contribution < 1.29 is 9.59 Å². The summed E-state index contributed by atoms with van der Waals surface area (Å²) in [6.07, 6.45) is 2.72. The topological polar surface area (TPSA) is 82.0 Å². The van der Waals surface area contributed by atoms with Gasteiger partial charge in [-0.25, -0.2) is 0 Å². The Balaban J connectivity index is 1.57. The SMILES string of the molecule is Cc1cc(C)c(NC(=O)C2CCC(C(=O)Nc3ccccc3C#N)CC2)c(C)c1. The van der Waals surface area contributed by atoms with Crippen LogP contribution in [0.25, 0.3) is 0 Å². The second kappa shape index (κ2) is 8.91. The minimum atomic E-state index is -0.131. The van der Waals surface area contributed by atoms with Gasteiger partial charge in [-0.15, -0.1) is 0 Å². The van der Waals surface area contributed by atoms with Gasteiger partial charge in [0.15, 0.2) is 0 Å². The van der Waals surface area contributed by atoms with E-state index in [-0.39, 0.29) is 23.7 Å². The van der Waals surface area contributed by atoms with E-state index in [0.29, 0.717) is 36.9 Å². The number of rotatable bonds is 4. The van der Waals surface area contributed by atoms with Gasteiger partial charge >= 0.3 is 0 Å². The van der Waals surface area contributed by atoms with Gasteiger partial charge in [0.2, 0.25) is 11.8 Å². The molecule has 2 amide bonds. The van der Waals surface area contributed by atoms with E-state index in [9.17, 15) is 9.59 Å². The van der Waals surface area contributed by atoms with Crippen molar-refractivity contribution in [1.82, 2.24) is 0 Å². The molecule has 0 heterocycles. The lowest BCUT2D eigenvalue weighted by atomic mass is 9.81. The number of aryl methyl sites for hydroxylation is 3. The lowest BCUT2D eigenvalue weighted by Gasteiger charge is -2.27. The zero-order valence-electron chi connectivity index (χ0n) is 17.2. The Bertz CT molecular complexity index is 943. The first-order chi connectivity index (χ1) is 13.9. The highest BCUT2D eigenvalue weighted by Gasteiger charge is 2.30. The second-order valence-electron chi connectivity index (χ2n) is 7.96. The lowest BCUT2D eigenvalue weighted by molar-refractivity contribution is -0.125. The van der Waals surface area contributed by atoms with Gasteiger partial charge in [0.05, 0.1) is 11.3 Å². The predicted octanol–water partition coefficient (Wildman–Crippen LogP) is 4.87. The molecule has 29 heavy (non-hydrogen) atoms. The largest absolute Gasteiger partial charge is 0.325 e. The van der Waals surface area contributed by atoms with E-state index < -0.39 is 0 Å². The summed E-state index contributed by atoms with van der Waals surface area (Å²) in [6, 6.07) is 13.2. The zero-order chi connectivity index (χ0) is 21.0. The summed E-state index contributed by atoms with van der Waals surface area (Å²) >= 11 is 0. The van der Waals surface area contributed by atoms with E-state index in [0.717, 1.165) is 16.8 Å². The van der Waals surface area contributed by atoms with Crippen LogP contribution >= 0.6 is 0 Å². The Morgan fingerprint density at radius 3 is 1.97 bits per heavy atom. The summed E-state index contributed by atoms with van der Waals surface area (Å²) in [5.74, 6) is -0.246. The normalized spacial score (nSPS) is 18.6. The van der Waals surface area contributed by atoms with Crippen LogP contribution in [0.3, 0.4) is 0 Å². The average molecular weight is 389 g/mol. The van der Waals surface area contributed by atoms with E-state index in [1.54, 1.807) is 24.3 Å². The fraction of sp³-hybridized carbons (Fsp3) is 0.375. The van der Waals surface area contributed by atoms with Gasteiger partial charge in [0.1, 0.15) is 6.07 Å². The molecule has 1 saturated carbocycles. The molecule has 2 aromatic carbocycles. The monoisotopic (exact) mass is 389 g/mol. The summed E-state index contributed by atoms with van der Waals surface area (Å²) in [7, 11) is 0. The predicted molar refractivity (Wildman–Crippen MR) is 115 cm³/mol. The molecule has 0 unspecified atom stereocenters. The fourth-order valence-corrected chi connectivity index (χ4v) is 4.14. The first kappa shape index (κ1) is 20.6. The number of amides is 2. The molecule has 0 atom stereocenters. The van der Waals surface area contributed by atoms with Crippen LogP contribution in [0.1, 0.15) is 47.9 Å². The Morgan fingerprint density at radius 1 is 0.897 bits per heavy atom. The summed E-state index contributed by atoms with van der Waals surface area (Å²) in [5, 5.41) is 15.1. The van der Waals surface area contributed by atoms with Crippen LogP contribution in [0.5, 0.6) is 0 Å². The number of anilines is 2. The molecule has 1 fully saturated rings. The van der Waals surface area contributed by atoms with Gasteiger partial charge < -0.3 is 10.6 Å². The van der Waals surface area contributed by atoms with E-state index in [1.165, 1.54) is 5.56 Å². The standard InChI is InChI=1S/C24H27N3O2/c1-15-12-16(2)22(17(3)13-15)27-24(29)19-10-8-18(9-11-19)23(28)26-21-7-5-4-6-20(21)14-25/h4-7,12-13,18-19H,8-11H2,1-3H3,(H,26,28)(H,27,29). The number of benzene rings is 2. The van der Waals surface area contributed by atoms with Crippen molar-refractivity contribution in [2.75, 3.05) is 10.6 Å². The third kappa shape index (κ3) is 4.83. The van der Waals surface area contributed by atoms with Gasteiger partial charge in [-0.1, -0.05) is 29.8 Å². The van der Waals surface area contributed by atoms with E-state index >= 15 is 0 Å². The number of carbonyl (C=O) groups excluding carboxylic acids is 2. The summed E-state index contributed by atoms with van der Waals surface area (Å²) in [6.45, 7) is 6.07. The third-order valence-electron chi connectivity index (χ3n) is 5.70. The van der Waals surface area contributed by atoms with Crippen molar-refractivity contribution in [1.29, 1.82) is 5.26 Å². The number of nitrogens with one attached hydrogen (secondary N) is 2. The molecule has 2 aromatic rings. The van der Waals surface area contributed by atoms with Gasteiger partial charge in [-0.05, 0) is 69.7 Å². The third-order valence-corrected chi connectivity index (χ3v) is 5.70. The Hall–Kier alpha value is -3.13.